The number of unbranched alkanes of at least 4 members (excludes halogenated alkanes) is 5. The highest BCUT2D eigenvalue weighted by Gasteiger charge is 2.00. The second-order valence-corrected chi connectivity index (χ2v) is 6.01. The molecule has 0 N–H and O–H groups in total. The smallest absolute Gasteiger partial charge is 0.330 e. The second-order valence-electron chi connectivity index (χ2n) is 6.01. The number of rotatable bonds is 12. The van der Waals surface area contributed by atoms with Crippen LogP contribution in [0.5, 0.6) is 5.75 Å². The summed E-state index contributed by atoms with van der Waals surface area (Å²) in [6, 6.07) is 14.7. The maximum absolute atomic E-state index is 10.9. The molecular weight excluding hydrogens is 326 g/mol. The number of nitrogens with zero attached hydrogens (tertiary/aromatic N) is 1. The molecule has 1 radical (unpaired) electrons. The van der Waals surface area contributed by atoms with Crippen molar-refractivity contribution < 1.29 is 14.3 Å². The van der Waals surface area contributed by atoms with Crippen molar-refractivity contribution in [1.82, 2.24) is 4.98 Å². The van der Waals surface area contributed by atoms with E-state index in [0.29, 0.717) is 6.61 Å². The van der Waals surface area contributed by atoms with Crippen molar-refractivity contribution in [2.45, 2.75) is 38.5 Å². The van der Waals surface area contributed by atoms with E-state index in [-0.39, 0.29) is 5.97 Å². The second kappa shape index (κ2) is 11.9. The Morgan fingerprint density at radius 2 is 1.69 bits per heavy atom. The Labute approximate surface area is 155 Å². The number of ether oxygens (including phenoxy) is 2. The summed E-state index contributed by atoms with van der Waals surface area (Å²) in [5, 5.41) is 0. The summed E-state index contributed by atoms with van der Waals surface area (Å²) in [5.41, 5.74) is 2.01. The van der Waals surface area contributed by atoms with E-state index in [1.807, 2.05) is 36.4 Å². The molecule has 0 aliphatic heterocycles. The number of aromatic nitrogens is 1. The molecule has 4 heteroatoms. The first-order valence-corrected chi connectivity index (χ1v) is 9.14. The molecule has 1 aromatic heterocycles. The van der Waals surface area contributed by atoms with Crippen LogP contribution in [0.2, 0.25) is 0 Å². The van der Waals surface area contributed by atoms with E-state index >= 15 is 0 Å². The highest BCUT2D eigenvalue weighted by Crippen LogP contribution is 2.20. The van der Waals surface area contributed by atoms with E-state index in [1.165, 1.54) is 12.5 Å². The lowest BCUT2D eigenvalue weighted by atomic mass is 10.1. The zero-order chi connectivity index (χ0) is 18.5. The van der Waals surface area contributed by atoms with E-state index in [2.05, 4.69) is 17.6 Å². The highest BCUT2D eigenvalue weighted by atomic mass is 16.5. The first-order chi connectivity index (χ1) is 12.8. The normalized spacial score (nSPS) is 10.3. The first-order valence-electron chi connectivity index (χ1n) is 9.14. The van der Waals surface area contributed by atoms with Gasteiger partial charge in [-0.05, 0) is 43.2 Å². The topological polar surface area (TPSA) is 48.4 Å². The number of hydrogen-bond donors (Lipinski definition) is 0. The average molecular weight is 352 g/mol. The van der Waals surface area contributed by atoms with Crippen molar-refractivity contribution in [3.8, 4) is 17.0 Å². The Balaban J connectivity index is 1.51. The van der Waals surface area contributed by atoms with Crippen LogP contribution in [0.1, 0.15) is 38.5 Å². The van der Waals surface area contributed by atoms with Gasteiger partial charge < -0.3 is 9.47 Å². The van der Waals surface area contributed by atoms with Crippen LogP contribution >= 0.6 is 0 Å². The van der Waals surface area contributed by atoms with E-state index in [4.69, 9.17) is 9.47 Å². The van der Waals surface area contributed by atoms with Crippen molar-refractivity contribution in [3.63, 3.8) is 0 Å². The lowest BCUT2D eigenvalue weighted by molar-refractivity contribution is -0.137. The third-order valence-electron chi connectivity index (χ3n) is 3.98. The van der Waals surface area contributed by atoms with Crippen molar-refractivity contribution in [2.24, 2.45) is 0 Å². The Kier molecular flexibility index (Phi) is 8.98. The van der Waals surface area contributed by atoms with Gasteiger partial charge in [-0.1, -0.05) is 38.3 Å². The highest BCUT2D eigenvalue weighted by molar-refractivity contribution is 5.81. The molecule has 0 aliphatic rings. The van der Waals surface area contributed by atoms with Crippen LogP contribution in [0.15, 0.2) is 55.3 Å². The molecule has 2 aromatic rings. The van der Waals surface area contributed by atoms with Crippen molar-refractivity contribution in [3.05, 3.63) is 61.3 Å². The zero-order valence-corrected chi connectivity index (χ0v) is 15.2. The third kappa shape index (κ3) is 7.51. The predicted molar refractivity (Wildman–Crippen MR) is 103 cm³/mol. The van der Waals surface area contributed by atoms with Gasteiger partial charge in [0.25, 0.3) is 0 Å². The molecule has 26 heavy (non-hydrogen) atoms. The maximum Gasteiger partial charge on any atom is 0.330 e. The summed E-state index contributed by atoms with van der Waals surface area (Å²) in [4.78, 5) is 15.2. The fourth-order valence-electron chi connectivity index (χ4n) is 2.55. The van der Waals surface area contributed by atoms with Gasteiger partial charge in [-0.3, -0.25) is 4.98 Å². The molecule has 2 rings (SSSR count). The van der Waals surface area contributed by atoms with Crippen LogP contribution in [0, 0.1) is 6.07 Å². The van der Waals surface area contributed by atoms with Gasteiger partial charge in [-0.15, -0.1) is 0 Å². The Morgan fingerprint density at radius 1 is 1.00 bits per heavy atom. The van der Waals surface area contributed by atoms with Crippen LogP contribution in [0.25, 0.3) is 11.3 Å². The summed E-state index contributed by atoms with van der Waals surface area (Å²) in [6.07, 6.45) is 9.39. The van der Waals surface area contributed by atoms with Gasteiger partial charge in [0, 0.05) is 23.9 Å². The minimum Gasteiger partial charge on any atom is -0.494 e. The molecule has 1 aromatic carbocycles. The van der Waals surface area contributed by atoms with Crippen molar-refractivity contribution in [2.75, 3.05) is 13.2 Å². The molecule has 0 saturated carbocycles. The van der Waals surface area contributed by atoms with Gasteiger partial charge in [-0.2, -0.15) is 0 Å². The molecule has 0 amide bonds. The maximum atomic E-state index is 10.9. The molecule has 0 fully saturated rings. The fourth-order valence-corrected chi connectivity index (χ4v) is 2.55. The summed E-state index contributed by atoms with van der Waals surface area (Å²) < 4.78 is 10.7. The van der Waals surface area contributed by atoms with E-state index in [0.717, 1.165) is 55.7 Å². The van der Waals surface area contributed by atoms with Gasteiger partial charge in [0.05, 0.1) is 18.9 Å². The molecule has 0 saturated heterocycles. The summed E-state index contributed by atoms with van der Waals surface area (Å²) >= 11 is 0. The quantitative estimate of drug-likeness (QED) is 0.306. The molecule has 0 atom stereocenters. The standard InChI is InChI=1S/C22H26NO3/c1-2-22(24)26-18-10-6-4-3-5-9-17-25-20-14-12-19(13-15-20)21-11-7-8-16-23-21/h2,7,11-16H,1,3-6,9-10,17-18H2. The van der Waals surface area contributed by atoms with Gasteiger partial charge >= 0.3 is 5.97 Å². The summed E-state index contributed by atoms with van der Waals surface area (Å²) in [5.74, 6) is 0.550. The number of pyridine rings is 1. The van der Waals surface area contributed by atoms with Gasteiger partial charge in [0.15, 0.2) is 0 Å². The fraction of sp³-hybridized carbons (Fsp3) is 0.364. The van der Waals surface area contributed by atoms with E-state index in [9.17, 15) is 4.79 Å². The lowest BCUT2D eigenvalue weighted by Gasteiger charge is -2.07. The van der Waals surface area contributed by atoms with Crippen LogP contribution in [0.4, 0.5) is 0 Å². The summed E-state index contributed by atoms with van der Waals surface area (Å²) in [6.45, 7) is 4.58. The molecule has 1 heterocycles. The monoisotopic (exact) mass is 352 g/mol. The van der Waals surface area contributed by atoms with Crippen LogP contribution in [-0.4, -0.2) is 24.2 Å². The summed E-state index contributed by atoms with van der Waals surface area (Å²) in [7, 11) is 0. The van der Waals surface area contributed by atoms with Crippen LogP contribution in [-0.2, 0) is 9.53 Å². The average Bonchev–Trinajstić information content (AvgIpc) is 2.70. The molecular formula is C22H26NO3. The zero-order valence-electron chi connectivity index (χ0n) is 15.2. The minimum absolute atomic E-state index is 0.339. The molecule has 0 aliphatic carbocycles. The van der Waals surface area contributed by atoms with E-state index < -0.39 is 0 Å². The molecule has 0 unspecified atom stereocenters. The van der Waals surface area contributed by atoms with Crippen LogP contribution in [0.3, 0.4) is 0 Å². The molecule has 0 bridgehead atoms. The number of benzene rings is 1. The number of hydrogen-bond acceptors (Lipinski definition) is 4. The minimum atomic E-state index is -0.339. The third-order valence-corrected chi connectivity index (χ3v) is 3.98. The Bertz CT molecular complexity index is 653. The van der Waals surface area contributed by atoms with Crippen molar-refractivity contribution in [1.29, 1.82) is 0 Å². The van der Waals surface area contributed by atoms with Gasteiger partial charge in [0.2, 0.25) is 0 Å². The SMILES string of the molecule is C=CC(=O)OCCCCCCCCOc1ccc(-c2cc[c]cn2)cc1. The molecule has 0 spiro atoms. The number of carbonyl (C=O) groups excluding carboxylic acids is 1. The Morgan fingerprint density at radius 3 is 2.35 bits per heavy atom. The van der Waals surface area contributed by atoms with Gasteiger partial charge in [-0.25, -0.2) is 4.79 Å². The first kappa shape index (κ1) is 19.7. The molecule has 4 nitrogen and oxygen atoms in total. The number of esters is 1. The van der Waals surface area contributed by atoms with Crippen LogP contribution < -0.4 is 4.74 Å². The molecule has 137 valence electrons. The lowest BCUT2D eigenvalue weighted by Crippen LogP contribution is -2.01. The Hall–Kier alpha value is -2.62. The largest absolute Gasteiger partial charge is 0.494 e. The number of carbonyl (C=O) groups is 1. The van der Waals surface area contributed by atoms with Gasteiger partial charge in [0.1, 0.15) is 5.75 Å². The van der Waals surface area contributed by atoms with E-state index in [1.54, 1.807) is 6.20 Å². The predicted octanol–water partition coefficient (Wildman–Crippen LogP) is 5.00. The van der Waals surface area contributed by atoms with Crippen molar-refractivity contribution >= 4 is 5.97 Å².